The fraction of sp³-hybridized carbons (Fsp3) is 0.242. The highest BCUT2D eigenvalue weighted by atomic mass is 16.2. The molecular formula is C33H29N5O2. The number of para-hydroxylation sites is 2. The third kappa shape index (κ3) is 3.79. The third-order valence-corrected chi connectivity index (χ3v) is 8.90. The number of nitriles is 1. The molecule has 2 aliphatic rings. The van der Waals surface area contributed by atoms with E-state index in [2.05, 4.69) is 64.8 Å². The number of hydrogen-bond donors (Lipinski definition) is 2. The maximum atomic E-state index is 13.7. The monoisotopic (exact) mass is 527 g/mol. The van der Waals surface area contributed by atoms with E-state index in [9.17, 15) is 14.9 Å². The van der Waals surface area contributed by atoms with Crippen LogP contribution in [0.15, 0.2) is 85.2 Å². The number of carbonyl (C=O) groups excluding carboxylic acids is 2. The second-order valence-corrected chi connectivity index (χ2v) is 11.0. The number of H-pyrrole nitrogens is 2. The van der Waals surface area contributed by atoms with Gasteiger partial charge in [-0.15, -0.1) is 0 Å². The molecule has 1 atom stereocenters. The molecule has 4 heterocycles. The van der Waals surface area contributed by atoms with Crippen LogP contribution in [-0.4, -0.2) is 46.3 Å². The first kappa shape index (κ1) is 24.2. The van der Waals surface area contributed by atoms with Crippen molar-refractivity contribution >= 4 is 39.3 Å². The molecule has 0 radical (unpaired) electrons. The van der Waals surface area contributed by atoms with Crippen molar-refractivity contribution in [1.29, 1.82) is 5.26 Å². The number of nitrogens with one attached hydrogen (secondary N) is 2. The Morgan fingerprint density at radius 1 is 0.875 bits per heavy atom. The highest BCUT2D eigenvalue weighted by molar-refractivity contribution is 6.00. The summed E-state index contributed by atoms with van der Waals surface area (Å²) in [5.41, 5.74) is 5.67. The van der Waals surface area contributed by atoms with E-state index in [1.54, 1.807) is 23.1 Å². The number of hydrogen-bond acceptors (Lipinski definition) is 3. The predicted molar refractivity (Wildman–Crippen MR) is 155 cm³/mol. The van der Waals surface area contributed by atoms with E-state index in [0.29, 0.717) is 30.9 Å². The summed E-state index contributed by atoms with van der Waals surface area (Å²) in [6, 6.07) is 26.0. The fourth-order valence-corrected chi connectivity index (χ4v) is 6.85. The Balaban J connectivity index is 1.17. The summed E-state index contributed by atoms with van der Waals surface area (Å²) in [6.07, 6.45) is 6.07. The van der Waals surface area contributed by atoms with E-state index in [0.717, 1.165) is 23.9 Å². The van der Waals surface area contributed by atoms with Gasteiger partial charge in [0.25, 0.3) is 0 Å². The largest absolute Gasteiger partial charge is 0.361 e. The highest BCUT2D eigenvalue weighted by Gasteiger charge is 2.44. The normalized spacial score (nSPS) is 18.9. The van der Waals surface area contributed by atoms with Gasteiger partial charge in [-0.05, 0) is 54.3 Å². The van der Waals surface area contributed by atoms with Gasteiger partial charge in [0, 0.05) is 71.4 Å². The van der Waals surface area contributed by atoms with Crippen LogP contribution in [0.25, 0.3) is 21.8 Å². The van der Waals surface area contributed by atoms with Gasteiger partial charge in [0.2, 0.25) is 11.8 Å². The zero-order valence-corrected chi connectivity index (χ0v) is 22.1. The van der Waals surface area contributed by atoms with Crippen LogP contribution in [0, 0.1) is 17.2 Å². The Morgan fingerprint density at radius 3 is 2.12 bits per heavy atom. The summed E-state index contributed by atoms with van der Waals surface area (Å²) >= 11 is 0. The van der Waals surface area contributed by atoms with Gasteiger partial charge in [-0.3, -0.25) is 9.59 Å². The summed E-state index contributed by atoms with van der Waals surface area (Å²) in [5.74, 6) is -0.414. The fourth-order valence-electron chi connectivity index (χ4n) is 6.85. The molecule has 40 heavy (non-hydrogen) atoms. The van der Waals surface area contributed by atoms with Crippen molar-refractivity contribution in [2.24, 2.45) is 5.92 Å². The number of anilines is 1. The molecule has 2 aliphatic heterocycles. The molecule has 7 rings (SSSR count). The smallest absolute Gasteiger partial charge is 0.228 e. The van der Waals surface area contributed by atoms with Gasteiger partial charge in [0.15, 0.2) is 0 Å². The summed E-state index contributed by atoms with van der Waals surface area (Å²) in [7, 11) is 0. The zero-order chi connectivity index (χ0) is 27.3. The summed E-state index contributed by atoms with van der Waals surface area (Å²) < 4.78 is 0. The molecule has 7 nitrogen and oxygen atoms in total. The molecule has 0 aliphatic carbocycles. The molecule has 2 N–H and O–H groups in total. The van der Waals surface area contributed by atoms with Crippen molar-refractivity contribution < 1.29 is 9.59 Å². The van der Waals surface area contributed by atoms with E-state index in [1.807, 2.05) is 23.1 Å². The molecule has 5 aromatic rings. The molecular weight excluding hydrogens is 498 g/mol. The van der Waals surface area contributed by atoms with Crippen LogP contribution < -0.4 is 4.90 Å². The van der Waals surface area contributed by atoms with Crippen LogP contribution in [0.5, 0.6) is 0 Å². The van der Waals surface area contributed by atoms with Gasteiger partial charge in [-0.1, -0.05) is 42.5 Å². The number of nitrogens with zero attached hydrogens (tertiary/aromatic N) is 3. The molecule has 1 unspecified atom stereocenters. The average molecular weight is 528 g/mol. The molecule has 2 saturated heterocycles. The maximum Gasteiger partial charge on any atom is 0.228 e. The number of fused-ring (bicyclic) bond motifs is 2. The van der Waals surface area contributed by atoms with Crippen molar-refractivity contribution in [2.45, 2.75) is 24.7 Å². The third-order valence-electron chi connectivity index (χ3n) is 8.90. The van der Waals surface area contributed by atoms with Gasteiger partial charge in [0.1, 0.15) is 0 Å². The van der Waals surface area contributed by atoms with Crippen LogP contribution in [-0.2, 0) is 15.0 Å². The number of carbonyl (C=O) groups is 2. The van der Waals surface area contributed by atoms with Gasteiger partial charge < -0.3 is 19.8 Å². The van der Waals surface area contributed by atoms with Crippen LogP contribution in [0.1, 0.15) is 36.0 Å². The second-order valence-electron chi connectivity index (χ2n) is 11.0. The number of aromatic nitrogens is 2. The first-order chi connectivity index (χ1) is 19.6. The van der Waals surface area contributed by atoms with Crippen molar-refractivity contribution in [2.75, 3.05) is 24.5 Å². The van der Waals surface area contributed by atoms with E-state index in [-0.39, 0.29) is 29.6 Å². The minimum absolute atomic E-state index is 0.0405. The quantitative estimate of drug-likeness (QED) is 0.324. The molecule has 2 fully saturated rings. The minimum atomic E-state index is -0.382. The SMILES string of the molecule is N#Cc1cccc(N2CC(C(=O)N3CCC(c4c[nH]c5ccccc45)(c4c[nH]c5ccccc45)CC3)CC2=O)c1. The van der Waals surface area contributed by atoms with Gasteiger partial charge >= 0.3 is 0 Å². The predicted octanol–water partition coefficient (Wildman–Crippen LogP) is 5.48. The molecule has 3 aromatic carbocycles. The summed E-state index contributed by atoms with van der Waals surface area (Å²) in [5, 5.41) is 11.7. The van der Waals surface area contributed by atoms with E-state index >= 15 is 0 Å². The summed E-state index contributed by atoms with van der Waals surface area (Å²) in [6.45, 7) is 1.58. The Hall–Kier alpha value is -4.83. The Morgan fingerprint density at radius 2 is 1.50 bits per heavy atom. The van der Waals surface area contributed by atoms with Crippen LogP contribution in [0.3, 0.4) is 0 Å². The second kappa shape index (κ2) is 9.42. The van der Waals surface area contributed by atoms with Crippen molar-refractivity contribution in [3.05, 3.63) is 102 Å². The van der Waals surface area contributed by atoms with E-state index in [1.165, 1.54) is 21.9 Å². The lowest BCUT2D eigenvalue weighted by atomic mass is 9.67. The van der Waals surface area contributed by atoms with Crippen LogP contribution >= 0.6 is 0 Å². The Bertz CT molecular complexity index is 1720. The van der Waals surface area contributed by atoms with Crippen LogP contribution in [0.4, 0.5) is 5.69 Å². The zero-order valence-electron chi connectivity index (χ0n) is 22.1. The molecule has 2 aromatic heterocycles. The first-order valence-corrected chi connectivity index (χ1v) is 13.8. The molecule has 7 heteroatoms. The number of aromatic amines is 2. The molecule has 0 spiro atoms. The summed E-state index contributed by atoms with van der Waals surface area (Å²) in [4.78, 5) is 37.2. The van der Waals surface area contributed by atoms with Gasteiger partial charge in [0.05, 0.1) is 17.6 Å². The van der Waals surface area contributed by atoms with Crippen LogP contribution in [0.2, 0.25) is 0 Å². The van der Waals surface area contributed by atoms with Gasteiger partial charge in [-0.2, -0.15) is 5.26 Å². The average Bonchev–Trinajstić information content (AvgIpc) is 3.74. The lowest BCUT2D eigenvalue weighted by Crippen LogP contribution is -2.47. The minimum Gasteiger partial charge on any atom is -0.361 e. The van der Waals surface area contributed by atoms with Crippen molar-refractivity contribution in [3.8, 4) is 6.07 Å². The maximum absolute atomic E-state index is 13.7. The van der Waals surface area contributed by atoms with E-state index in [4.69, 9.17) is 0 Å². The molecule has 2 amide bonds. The first-order valence-electron chi connectivity index (χ1n) is 13.8. The number of benzene rings is 3. The topological polar surface area (TPSA) is 96.0 Å². The molecule has 0 saturated carbocycles. The van der Waals surface area contributed by atoms with Crippen molar-refractivity contribution in [1.82, 2.24) is 14.9 Å². The number of rotatable bonds is 4. The standard InChI is InChI=1S/C33H29N5O2/c34-18-22-6-5-7-24(16-22)38-21-23(17-31(38)39)32(40)37-14-12-33(13-15-37,27-19-35-29-10-3-1-8-25(27)29)28-20-36-30-11-4-2-9-26(28)30/h1-11,16,19-20,23,35-36H,12-15,17,21H2. The van der Waals surface area contributed by atoms with Crippen molar-refractivity contribution in [3.63, 3.8) is 0 Å². The molecule has 198 valence electrons. The van der Waals surface area contributed by atoms with E-state index < -0.39 is 0 Å². The Kier molecular flexibility index (Phi) is 5.71. The number of amides is 2. The number of piperidine rings is 1. The lowest BCUT2D eigenvalue weighted by Gasteiger charge is -2.43. The Labute approximate surface area is 232 Å². The highest BCUT2D eigenvalue weighted by Crippen LogP contribution is 2.47. The van der Waals surface area contributed by atoms with Gasteiger partial charge in [-0.25, -0.2) is 0 Å². The number of likely N-dealkylation sites (tertiary alicyclic amines) is 1. The lowest BCUT2D eigenvalue weighted by molar-refractivity contribution is -0.137. The molecule has 0 bridgehead atoms.